The quantitative estimate of drug-likeness (QED) is 0.456. The third-order valence-corrected chi connectivity index (χ3v) is 7.65. The molecule has 3 aromatic heterocycles. The van der Waals surface area contributed by atoms with Crippen molar-refractivity contribution in [2.45, 2.75) is 57.4 Å². The molecule has 3 aromatic rings. The zero-order chi connectivity index (χ0) is 21.4. The Balaban J connectivity index is 1.30. The van der Waals surface area contributed by atoms with Gasteiger partial charge in [0.25, 0.3) is 5.89 Å². The molecule has 0 saturated heterocycles. The van der Waals surface area contributed by atoms with Gasteiger partial charge in [-0.3, -0.25) is 19.5 Å². The van der Waals surface area contributed by atoms with Gasteiger partial charge in [0.1, 0.15) is 12.4 Å². The van der Waals surface area contributed by atoms with Crippen molar-refractivity contribution in [3.63, 3.8) is 0 Å². The lowest BCUT2D eigenvalue weighted by Gasteiger charge is -2.61. The zero-order valence-corrected chi connectivity index (χ0v) is 17.7. The number of hydrogen-bond acceptors (Lipinski definition) is 7. The average molecular weight is 423 g/mol. The summed E-state index contributed by atoms with van der Waals surface area (Å²) in [6.45, 7) is 1.94. The summed E-state index contributed by atoms with van der Waals surface area (Å²) < 4.78 is 9.74. The Labute approximate surface area is 178 Å². The molecule has 10 nitrogen and oxygen atoms in total. The van der Waals surface area contributed by atoms with Gasteiger partial charge in [0.15, 0.2) is 0 Å². The second kappa shape index (κ2) is 6.24. The minimum absolute atomic E-state index is 0.0678. The maximum Gasteiger partial charge on any atom is 0.307 e. The molecule has 0 N–H and O–H groups in total. The molecule has 4 aliphatic carbocycles. The Morgan fingerprint density at radius 1 is 1.23 bits per heavy atom. The van der Waals surface area contributed by atoms with Crippen molar-refractivity contribution in [2.75, 3.05) is 0 Å². The molecule has 4 aliphatic rings. The molecule has 10 heteroatoms. The summed E-state index contributed by atoms with van der Waals surface area (Å²) in [7, 11) is 1.88. The number of aryl methyl sites for hydroxylation is 2. The predicted molar refractivity (Wildman–Crippen MR) is 109 cm³/mol. The predicted octanol–water partition coefficient (Wildman–Crippen LogP) is 3.42. The van der Waals surface area contributed by atoms with E-state index in [2.05, 4.69) is 20.4 Å². The SMILES string of the molecule is Cc1nn(C)cc1-c1nnc(CC23CC4CC(C2)CC(n2cc([N+](=O)[O-])cn2)(C4)C3)o1. The van der Waals surface area contributed by atoms with E-state index in [1.807, 2.05) is 24.9 Å². The Hall–Kier alpha value is -3.04. The van der Waals surface area contributed by atoms with Crippen LogP contribution in [0.2, 0.25) is 0 Å². The van der Waals surface area contributed by atoms with Crippen LogP contribution in [-0.2, 0) is 19.0 Å². The molecule has 31 heavy (non-hydrogen) atoms. The first kappa shape index (κ1) is 18.7. The lowest BCUT2D eigenvalue weighted by molar-refractivity contribution is -0.385. The molecule has 0 aromatic carbocycles. The fourth-order valence-electron chi connectivity index (χ4n) is 7.11. The molecule has 2 unspecified atom stereocenters. The molecule has 0 radical (unpaired) electrons. The Morgan fingerprint density at radius 2 is 2.00 bits per heavy atom. The van der Waals surface area contributed by atoms with Crippen molar-refractivity contribution < 1.29 is 9.34 Å². The Kier molecular flexibility index (Phi) is 3.77. The zero-order valence-electron chi connectivity index (χ0n) is 17.7. The van der Waals surface area contributed by atoms with Crippen molar-refractivity contribution in [2.24, 2.45) is 24.3 Å². The van der Waals surface area contributed by atoms with Gasteiger partial charge in [-0.25, -0.2) is 0 Å². The van der Waals surface area contributed by atoms with Gasteiger partial charge in [-0.1, -0.05) is 0 Å². The van der Waals surface area contributed by atoms with Gasteiger partial charge in [0.05, 0.1) is 21.7 Å². The maximum atomic E-state index is 11.2. The van der Waals surface area contributed by atoms with Crippen molar-refractivity contribution in [3.05, 3.63) is 40.3 Å². The van der Waals surface area contributed by atoms with Crippen molar-refractivity contribution >= 4 is 5.69 Å². The summed E-state index contributed by atoms with van der Waals surface area (Å²) in [6, 6.07) is 0. The number of aromatic nitrogens is 6. The van der Waals surface area contributed by atoms with Crippen LogP contribution in [-0.4, -0.2) is 34.7 Å². The van der Waals surface area contributed by atoms with Gasteiger partial charge in [-0.05, 0) is 62.7 Å². The van der Waals surface area contributed by atoms with Crippen LogP contribution in [0.5, 0.6) is 0 Å². The van der Waals surface area contributed by atoms with Crippen LogP contribution in [0.25, 0.3) is 11.5 Å². The van der Waals surface area contributed by atoms with E-state index in [0.717, 1.165) is 49.8 Å². The lowest BCUT2D eigenvalue weighted by atomic mass is 9.46. The molecular formula is C21H25N7O3. The highest BCUT2D eigenvalue weighted by atomic mass is 16.6. The van der Waals surface area contributed by atoms with E-state index in [9.17, 15) is 10.1 Å². The first-order valence-electron chi connectivity index (χ1n) is 10.9. The molecule has 4 fully saturated rings. The van der Waals surface area contributed by atoms with Crippen molar-refractivity contribution in [1.29, 1.82) is 0 Å². The van der Waals surface area contributed by atoms with Crippen LogP contribution in [0.4, 0.5) is 5.69 Å². The van der Waals surface area contributed by atoms with Gasteiger partial charge in [0.2, 0.25) is 5.89 Å². The van der Waals surface area contributed by atoms with Gasteiger partial charge in [-0.15, -0.1) is 10.2 Å². The number of hydrogen-bond donors (Lipinski definition) is 0. The summed E-state index contributed by atoms with van der Waals surface area (Å²) in [4.78, 5) is 10.8. The van der Waals surface area contributed by atoms with Gasteiger partial charge >= 0.3 is 5.69 Å². The van der Waals surface area contributed by atoms with Crippen LogP contribution in [0.15, 0.2) is 23.0 Å². The summed E-state index contributed by atoms with van der Waals surface area (Å²) in [5.74, 6) is 2.42. The first-order valence-corrected chi connectivity index (χ1v) is 10.9. The van der Waals surface area contributed by atoms with E-state index in [0.29, 0.717) is 23.6 Å². The molecule has 162 valence electrons. The van der Waals surface area contributed by atoms with Crippen LogP contribution in [0.3, 0.4) is 0 Å². The number of nitrogens with zero attached hydrogens (tertiary/aromatic N) is 7. The topological polar surface area (TPSA) is 118 Å². The molecule has 0 amide bonds. The molecule has 4 saturated carbocycles. The largest absolute Gasteiger partial charge is 0.421 e. The van der Waals surface area contributed by atoms with Crippen LogP contribution >= 0.6 is 0 Å². The number of nitro groups is 1. The molecule has 7 rings (SSSR count). The lowest BCUT2D eigenvalue weighted by Crippen LogP contribution is -2.57. The van der Waals surface area contributed by atoms with Crippen LogP contribution in [0, 0.1) is 34.3 Å². The molecule has 2 atom stereocenters. The second-order valence-corrected chi connectivity index (χ2v) is 10.1. The Bertz CT molecular complexity index is 1160. The summed E-state index contributed by atoms with van der Waals surface area (Å²) in [6.07, 6.45) is 12.3. The van der Waals surface area contributed by atoms with E-state index in [4.69, 9.17) is 4.42 Å². The van der Waals surface area contributed by atoms with Gasteiger partial charge < -0.3 is 4.42 Å². The highest BCUT2D eigenvalue weighted by Gasteiger charge is 2.59. The normalized spacial score (nSPS) is 31.4. The van der Waals surface area contributed by atoms with Crippen LogP contribution in [0.1, 0.15) is 50.1 Å². The summed E-state index contributed by atoms with van der Waals surface area (Å²) in [5, 5.41) is 28.7. The second-order valence-electron chi connectivity index (χ2n) is 10.1. The van der Waals surface area contributed by atoms with Crippen molar-refractivity contribution in [1.82, 2.24) is 29.8 Å². The van der Waals surface area contributed by atoms with E-state index >= 15 is 0 Å². The fourth-order valence-corrected chi connectivity index (χ4v) is 7.11. The minimum Gasteiger partial charge on any atom is -0.421 e. The minimum atomic E-state index is -0.361. The maximum absolute atomic E-state index is 11.2. The van der Waals surface area contributed by atoms with Gasteiger partial charge in [-0.2, -0.15) is 10.2 Å². The standard InChI is InChI=1S/C21H25N7O3/c1-13-17(11-26(2)25-13)19-24-23-18(31-19)8-20-4-14-3-15(5-20)7-21(6-14,12-20)27-10-16(9-22-27)28(29)30/h9-11,14-15H,3-8,12H2,1-2H3. The van der Waals surface area contributed by atoms with Crippen molar-refractivity contribution in [3.8, 4) is 11.5 Å². The highest BCUT2D eigenvalue weighted by molar-refractivity contribution is 5.54. The molecule has 4 bridgehead atoms. The molecular weight excluding hydrogens is 398 g/mol. The van der Waals surface area contributed by atoms with E-state index < -0.39 is 0 Å². The highest BCUT2D eigenvalue weighted by Crippen LogP contribution is 2.65. The third-order valence-electron chi connectivity index (χ3n) is 7.65. The smallest absolute Gasteiger partial charge is 0.307 e. The van der Waals surface area contributed by atoms with E-state index in [1.54, 1.807) is 10.9 Å². The van der Waals surface area contributed by atoms with E-state index in [1.165, 1.54) is 12.6 Å². The summed E-state index contributed by atoms with van der Waals surface area (Å²) in [5.41, 5.74) is 1.75. The molecule has 3 heterocycles. The average Bonchev–Trinajstić information content (AvgIpc) is 3.40. The van der Waals surface area contributed by atoms with E-state index in [-0.39, 0.29) is 21.6 Å². The summed E-state index contributed by atoms with van der Waals surface area (Å²) >= 11 is 0. The Morgan fingerprint density at radius 3 is 2.65 bits per heavy atom. The molecule has 0 spiro atoms. The molecule has 0 aliphatic heterocycles. The third kappa shape index (κ3) is 2.91. The fraction of sp³-hybridized carbons (Fsp3) is 0.619. The first-order chi connectivity index (χ1) is 14.8. The van der Waals surface area contributed by atoms with Crippen LogP contribution < -0.4 is 0 Å². The number of rotatable bonds is 5. The monoisotopic (exact) mass is 423 g/mol. The van der Waals surface area contributed by atoms with Gasteiger partial charge in [0, 0.05) is 19.7 Å².